The van der Waals surface area contributed by atoms with Crippen molar-refractivity contribution in [2.45, 2.75) is 12.1 Å². The third-order valence-corrected chi connectivity index (χ3v) is 5.68. The molecule has 1 amide bonds. The molecular weight excluding hydrogens is 374 g/mol. The number of piperazine rings is 1. The number of amides is 1. The molecule has 1 aliphatic rings. The molecule has 0 radical (unpaired) electrons. The van der Waals surface area contributed by atoms with E-state index in [2.05, 4.69) is 9.88 Å². The van der Waals surface area contributed by atoms with Crippen molar-refractivity contribution in [3.8, 4) is 0 Å². The Hall–Kier alpha value is -2.80. The number of carbonyl (C=O) groups excluding carboxylic acids is 2. The van der Waals surface area contributed by atoms with Crippen molar-refractivity contribution in [1.82, 2.24) is 9.88 Å². The Morgan fingerprint density at radius 2 is 1.75 bits per heavy atom. The number of Topliss-reactive ketones (excluding diaryl/α,β-unsaturated/α-hetero) is 1. The predicted molar refractivity (Wildman–Crippen MR) is 110 cm³/mol. The first-order chi connectivity index (χ1) is 13.6. The number of nitrogens with zero attached hydrogens (tertiary/aromatic N) is 3. The highest BCUT2D eigenvalue weighted by atomic mass is 32.2. The third kappa shape index (κ3) is 4.04. The summed E-state index contributed by atoms with van der Waals surface area (Å²) in [6.07, 6.45) is 0. The Kier molecular flexibility index (Phi) is 5.34. The maximum atomic E-state index is 12.5. The molecule has 0 unspecified atom stereocenters. The minimum absolute atomic E-state index is 0.0680. The second kappa shape index (κ2) is 8.06. The zero-order valence-corrected chi connectivity index (χ0v) is 16.4. The number of rotatable bonds is 5. The zero-order valence-electron chi connectivity index (χ0n) is 15.6. The minimum Gasteiger partial charge on any atom is -0.431 e. The molecule has 2 heterocycles. The van der Waals surface area contributed by atoms with Crippen LogP contribution < -0.4 is 4.90 Å². The molecular formula is C21H21N3O3S. The molecule has 2 aromatic carbocycles. The van der Waals surface area contributed by atoms with Crippen molar-refractivity contribution in [1.29, 1.82) is 0 Å². The van der Waals surface area contributed by atoms with Gasteiger partial charge in [-0.25, -0.2) is 4.98 Å². The summed E-state index contributed by atoms with van der Waals surface area (Å²) < 4.78 is 5.66. The molecule has 3 aromatic rings. The van der Waals surface area contributed by atoms with Crippen molar-refractivity contribution in [3.05, 3.63) is 54.1 Å². The summed E-state index contributed by atoms with van der Waals surface area (Å²) in [4.78, 5) is 32.4. The lowest BCUT2D eigenvalue weighted by atomic mass is 10.1. The Morgan fingerprint density at radius 3 is 2.43 bits per heavy atom. The van der Waals surface area contributed by atoms with Crippen LogP contribution in [-0.4, -0.2) is 53.5 Å². The first kappa shape index (κ1) is 18.6. The topological polar surface area (TPSA) is 66.7 Å². The van der Waals surface area contributed by atoms with Gasteiger partial charge in [0.05, 0.1) is 5.75 Å². The smallest absolute Gasteiger partial charge is 0.257 e. The fourth-order valence-electron chi connectivity index (χ4n) is 3.25. The number of anilines is 1. The molecule has 1 aliphatic heterocycles. The van der Waals surface area contributed by atoms with Crippen molar-refractivity contribution >= 4 is 40.2 Å². The quantitative estimate of drug-likeness (QED) is 0.487. The van der Waals surface area contributed by atoms with Crippen LogP contribution in [0.3, 0.4) is 0 Å². The van der Waals surface area contributed by atoms with E-state index < -0.39 is 0 Å². The number of carbonyl (C=O) groups is 2. The molecule has 0 bridgehead atoms. The van der Waals surface area contributed by atoms with Crippen LogP contribution in [0.5, 0.6) is 0 Å². The van der Waals surface area contributed by atoms with Gasteiger partial charge in [0.2, 0.25) is 5.91 Å². The summed E-state index contributed by atoms with van der Waals surface area (Å²) in [6.45, 7) is 4.48. The Morgan fingerprint density at radius 1 is 1.04 bits per heavy atom. The molecule has 6 nitrogen and oxygen atoms in total. The lowest BCUT2D eigenvalue weighted by molar-refractivity contribution is -0.128. The maximum absolute atomic E-state index is 12.5. The SMILES string of the molecule is CC(=O)c1ccc(N2CCN(C(=O)CSc3nc4ccccc4o3)CC2)cc1. The van der Waals surface area contributed by atoms with Gasteiger partial charge >= 0.3 is 0 Å². The van der Waals surface area contributed by atoms with Crippen molar-refractivity contribution in [3.63, 3.8) is 0 Å². The normalized spacial score (nSPS) is 14.5. The highest BCUT2D eigenvalue weighted by molar-refractivity contribution is 7.99. The van der Waals surface area contributed by atoms with E-state index in [1.807, 2.05) is 53.4 Å². The number of hydrogen-bond donors (Lipinski definition) is 0. The average Bonchev–Trinajstić information content (AvgIpc) is 3.15. The van der Waals surface area contributed by atoms with Gasteiger partial charge in [-0.1, -0.05) is 23.9 Å². The van der Waals surface area contributed by atoms with Gasteiger partial charge in [-0.3, -0.25) is 9.59 Å². The van der Waals surface area contributed by atoms with Crippen molar-refractivity contribution < 1.29 is 14.0 Å². The lowest BCUT2D eigenvalue weighted by Gasteiger charge is -2.36. The highest BCUT2D eigenvalue weighted by Crippen LogP contribution is 2.24. The summed E-state index contributed by atoms with van der Waals surface area (Å²) >= 11 is 1.33. The van der Waals surface area contributed by atoms with E-state index in [1.54, 1.807) is 6.92 Å². The van der Waals surface area contributed by atoms with E-state index in [4.69, 9.17) is 4.42 Å². The fourth-order valence-corrected chi connectivity index (χ4v) is 3.99. The number of thioether (sulfide) groups is 1. The largest absolute Gasteiger partial charge is 0.431 e. The van der Waals surface area contributed by atoms with E-state index in [0.717, 1.165) is 29.9 Å². The van der Waals surface area contributed by atoms with Crippen LogP contribution in [0.1, 0.15) is 17.3 Å². The number of fused-ring (bicyclic) bond motifs is 1. The van der Waals surface area contributed by atoms with Crippen molar-refractivity contribution in [2.75, 3.05) is 36.8 Å². The summed E-state index contributed by atoms with van der Waals surface area (Å²) in [5.74, 6) is 0.484. The van der Waals surface area contributed by atoms with Gasteiger partial charge < -0.3 is 14.2 Å². The molecule has 4 rings (SSSR count). The number of aromatic nitrogens is 1. The van der Waals surface area contributed by atoms with Crippen LogP contribution in [-0.2, 0) is 4.79 Å². The van der Waals surface area contributed by atoms with Crippen LogP contribution in [0.15, 0.2) is 58.2 Å². The highest BCUT2D eigenvalue weighted by Gasteiger charge is 2.22. The van der Waals surface area contributed by atoms with E-state index in [1.165, 1.54) is 11.8 Å². The minimum atomic E-state index is 0.0680. The van der Waals surface area contributed by atoms with E-state index in [0.29, 0.717) is 29.6 Å². The van der Waals surface area contributed by atoms with Gasteiger partial charge in [0.25, 0.3) is 5.22 Å². The monoisotopic (exact) mass is 395 g/mol. The second-order valence-electron chi connectivity index (χ2n) is 6.71. The molecule has 1 aromatic heterocycles. The van der Waals surface area contributed by atoms with Crippen LogP contribution >= 0.6 is 11.8 Å². The third-order valence-electron chi connectivity index (χ3n) is 4.86. The molecule has 1 saturated heterocycles. The van der Waals surface area contributed by atoms with Crippen LogP contribution in [0.4, 0.5) is 5.69 Å². The molecule has 0 saturated carbocycles. The van der Waals surface area contributed by atoms with Gasteiger partial charge in [0.1, 0.15) is 5.52 Å². The van der Waals surface area contributed by atoms with Gasteiger partial charge in [-0.05, 0) is 43.3 Å². The Balaban J connectivity index is 1.29. The average molecular weight is 395 g/mol. The zero-order chi connectivity index (χ0) is 19.5. The van der Waals surface area contributed by atoms with Crippen LogP contribution in [0, 0.1) is 0 Å². The number of hydrogen-bond acceptors (Lipinski definition) is 6. The molecule has 1 fully saturated rings. The van der Waals surface area contributed by atoms with Crippen molar-refractivity contribution in [2.24, 2.45) is 0 Å². The molecule has 0 N–H and O–H groups in total. The number of ketones is 1. The number of oxazole rings is 1. The summed E-state index contributed by atoms with van der Waals surface area (Å²) in [5.41, 5.74) is 3.34. The van der Waals surface area contributed by atoms with Gasteiger partial charge in [0, 0.05) is 37.4 Å². The molecule has 0 aliphatic carbocycles. The molecule has 0 atom stereocenters. The summed E-state index contributed by atoms with van der Waals surface area (Å²) in [5, 5.41) is 0.527. The summed E-state index contributed by atoms with van der Waals surface area (Å²) in [6, 6.07) is 15.2. The predicted octanol–water partition coefficient (Wildman–Crippen LogP) is 3.47. The number of benzene rings is 2. The summed E-state index contributed by atoms with van der Waals surface area (Å²) in [7, 11) is 0. The molecule has 28 heavy (non-hydrogen) atoms. The standard InChI is InChI=1S/C21H21N3O3S/c1-15(25)16-6-8-17(9-7-16)23-10-12-24(13-11-23)20(26)14-28-21-22-18-4-2-3-5-19(18)27-21/h2-9H,10-14H2,1H3. The lowest BCUT2D eigenvalue weighted by Crippen LogP contribution is -2.49. The molecule has 7 heteroatoms. The second-order valence-corrected chi connectivity index (χ2v) is 7.63. The first-order valence-corrected chi connectivity index (χ1v) is 10.2. The molecule has 144 valence electrons. The van der Waals surface area contributed by atoms with Gasteiger partial charge in [0.15, 0.2) is 11.4 Å². The number of para-hydroxylation sites is 2. The Bertz CT molecular complexity index is 959. The van der Waals surface area contributed by atoms with E-state index in [-0.39, 0.29) is 11.7 Å². The van der Waals surface area contributed by atoms with Crippen LogP contribution in [0.25, 0.3) is 11.1 Å². The Labute approximate surface area is 167 Å². The van der Waals surface area contributed by atoms with E-state index >= 15 is 0 Å². The van der Waals surface area contributed by atoms with Gasteiger partial charge in [-0.2, -0.15) is 0 Å². The maximum Gasteiger partial charge on any atom is 0.257 e. The van der Waals surface area contributed by atoms with Crippen LogP contribution in [0.2, 0.25) is 0 Å². The van der Waals surface area contributed by atoms with E-state index in [9.17, 15) is 9.59 Å². The molecule has 0 spiro atoms. The fraction of sp³-hybridized carbons (Fsp3) is 0.286. The first-order valence-electron chi connectivity index (χ1n) is 9.22. The van der Waals surface area contributed by atoms with Gasteiger partial charge in [-0.15, -0.1) is 0 Å².